The molecule has 13 aromatic carbocycles. The van der Waals surface area contributed by atoms with Crippen LogP contribution in [-0.4, -0.2) is 130 Å². The van der Waals surface area contributed by atoms with Gasteiger partial charge in [-0.1, -0.05) is 217 Å². The Morgan fingerprint density at radius 1 is 0.273 bits per heavy atom. The zero-order valence-electron chi connectivity index (χ0n) is 82.9. The van der Waals surface area contributed by atoms with Crippen molar-refractivity contribution in [2.45, 2.75) is 153 Å². The highest BCUT2D eigenvalue weighted by atomic mass is 35.5. The van der Waals surface area contributed by atoms with Crippen LogP contribution in [0.15, 0.2) is 249 Å². The molecule has 0 saturated carbocycles. The Labute approximate surface area is 875 Å². The van der Waals surface area contributed by atoms with Crippen molar-refractivity contribution in [2.75, 3.05) is 0 Å². The van der Waals surface area contributed by atoms with Crippen LogP contribution in [0.3, 0.4) is 0 Å². The summed E-state index contributed by atoms with van der Waals surface area (Å²) in [6.45, 7) is 17.2. The Hall–Kier alpha value is -13.2. The summed E-state index contributed by atoms with van der Waals surface area (Å²) in [6.07, 6.45) is -2.31. The van der Waals surface area contributed by atoms with E-state index in [1.54, 1.807) is 113 Å². The number of pyridine rings is 1. The number of hydrogen-bond donors (Lipinski definition) is 7. The van der Waals surface area contributed by atoms with E-state index in [0.717, 1.165) is 117 Å². The first-order valence-electron chi connectivity index (χ1n) is 48.1. The van der Waals surface area contributed by atoms with Crippen LogP contribution in [0, 0.1) is 72.8 Å². The summed E-state index contributed by atoms with van der Waals surface area (Å²) < 4.78 is 116. The van der Waals surface area contributed by atoms with Crippen molar-refractivity contribution in [3.05, 3.63) is 443 Å². The summed E-state index contributed by atoms with van der Waals surface area (Å²) in [5, 5.41) is 68.9. The molecule has 0 atom stereocenters. The molecule has 8 heterocycles. The number of benzene rings is 13. The van der Waals surface area contributed by atoms with Crippen molar-refractivity contribution in [3.8, 4) is 0 Å². The molecule has 0 unspecified atom stereocenters. The maximum atomic E-state index is 13.8. The molecule has 0 radical (unpaired) electrons. The number of carbonyl (C=O) groups is 7. The molecule has 0 fully saturated rings. The molecule has 150 heavy (non-hydrogen) atoms. The molecule has 37 heteroatoms. The number of halogens is 8. The van der Waals surface area contributed by atoms with Gasteiger partial charge in [-0.3, -0.25) is 38.5 Å². The van der Waals surface area contributed by atoms with Gasteiger partial charge < -0.3 is 67.7 Å². The van der Waals surface area contributed by atoms with Gasteiger partial charge in [-0.25, -0.2) is 13.2 Å². The van der Waals surface area contributed by atoms with Gasteiger partial charge in [-0.05, 0) is 259 Å². The molecular formula is C113H100B7Cl2F6NO21. The predicted molar refractivity (Wildman–Crippen MR) is 564 cm³/mol. The second-order valence-electron chi connectivity index (χ2n) is 37.6. The second-order valence-corrected chi connectivity index (χ2v) is 38.4. The molecule has 7 aliphatic heterocycles. The second kappa shape index (κ2) is 49.2. The van der Waals surface area contributed by atoms with E-state index in [-0.39, 0.29) is 102 Å². The molecule has 22 nitrogen and oxygen atoms in total. The summed E-state index contributed by atoms with van der Waals surface area (Å²) in [5.41, 5.74) is 24.3. The highest BCUT2D eigenvalue weighted by molar-refractivity contribution is 6.64. The van der Waals surface area contributed by atoms with Gasteiger partial charge in [-0.15, -0.1) is 0 Å². The fraction of sp³-hybridized carbons (Fsp3) is 0.204. The van der Waals surface area contributed by atoms with Gasteiger partial charge in [0.25, 0.3) is 0 Å². The number of aryl methyl sites for hydroxylation is 8. The summed E-state index contributed by atoms with van der Waals surface area (Å²) >= 11 is 12.2. The molecule has 0 bridgehead atoms. The van der Waals surface area contributed by atoms with E-state index in [1.807, 2.05) is 143 Å². The van der Waals surface area contributed by atoms with E-state index >= 15 is 0 Å². The largest absolute Gasteiger partial charge is 0.491 e. The summed E-state index contributed by atoms with van der Waals surface area (Å²) in [7, 11) is -6.51. The Morgan fingerprint density at radius 3 is 0.873 bits per heavy atom. The van der Waals surface area contributed by atoms with E-state index in [4.69, 9.17) is 55.8 Å². The Balaban J connectivity index is 0.000000131. The van der Waals surface area contributed by atoms with Gasteiger partial charge in [-0.2, -0.15) is 13.2 Å². The van der Waals surface area contributed by atoms with Crippen LogP contribution in [0.1, 0.15) is 201 Å². The molecule has 0 aliphatic carbocycles. The normalized spacial score (nSPS) is 13.5. The fourth-order valence-corrected chi connectivity index (χ4v) is 18.1. The topological polar surface area (TPSA) is 339 Å². The molecule has 0 amide bonds. The number of alkyl halides is 3. The number of ketones is 7. The molecule has 1 aromatic heterocycles. The first-order valence-corrected chi connectivity index (χ1v) is 48.8. The van der Waals surface area contributed by atoms with Crippen molar-refractivity contribution >= 4 is 152 Å². The van der Waals surface area contributed by atoms with E-state index in [9.17, 15) is 95.1 Å². The highest BCUT2D eigenvalue weighted by Gasteiger charge is 2.38. The number of Topliss-reactive ketones (excluding diaryl/α,β-unsaturated/α-hetero) is 7. The Kier molecular flexibility index (Phi) is 36.4. The number of fused-ring (bicyclic) bond motifs is 7. The van der Waals surface area contributed by atoms with Crippen molar-refractivity contribution in [1.29, 1.82) is 0 Å². The number of nitrogens with zero attached hydrogens (tertiary/aromatic N) is 1. The SMILES string of the molecule is Cc1cc(F)c(C(=O)Cc2ccc3c(c2)B(O)OC3)cn1.Cc1ccc(C(=O)Cc2ccc3c(c2)B(O)OC3)c(C(F)(F)F)c1.Cc1ccc(C(=O)Cc2ccc3c(c2)B(O)OC3)c(Cl)c1.Cc1ccc(C(=O)Cc2ccc3c(c2)B(O)OC3)c(F)c1.Cc1ccc(C(=O)Cc2ccc3c(c2)B(O)OC3)cc1C.Cc1ccc(C(=O)Cc2ccc3c(c2)B(O)OC3)cc1Cl.Cc1ccc(C(=O)Cc2ccc3c(c2)B(O)OC3)cc1F. The molecule has 0 saturated heterocycles. The first kappa shape index (κ1) is 111. The quantitative estimate of drug-likeness (QED) is 0.0200. The van der Waals surface area contributed by atoms with Crippen molar-refractivity contribution in [2.24, 2.45) is 0 Å². The monoisotopic (exact) mass is 2070 g/mol. The third-order valence-corrected chi connectivity index (χ3v) is 27.1. The fourth-order valence-electron chi connectivity index (χ4n) is 17.6. The molecule has 14 aromatic rings. The van der Waals surface area contributed by atoms with Crippen molar-refractivity contribution < 1.29 is 128 Å². The molecule has 21 rings (SSSR count). The predicted octanol–water partition coefficient (Wildman–Crippen LogP) is 13.9. The molecule has 7 aliphatic rings. The minimum Gasteiger partial charge on any atom is -0.423 e. The molecule has 0 spiro atoms. The van der Waals surface area contributed by atoms with Gasteiger partial charge in [0, 0.05) is 89.7 Å². The average Bonchev–Trinajstić information content (AvgIpc) is 0.946. The van der Waals surface area contributed by atoms with E-state index in [2.05, 4.69) is 4.98 Å². The van der Waals surface area contributed by atoms with Crippen LogP contribution in [-0.2, 0) is 130 Å². The molecule has 760 valence electrons. The number of aromatic nitrogens is 1. The van der Waals surface area contributed by atoms with Gasteiger partial charge in [0.2, 0.25) is 0 Å². The molecular weight excluding hydrogens is 1970 g/mol. The number of carbonyl (C=O) groups excluding carboxylic acids is 7. The van der Waals surface area contributed by atoms with Gasteiger partial charge >= 0.3 is 56.0 Å². The highest BCUT2D eigenvalue weighted by Crippen LogP contribution is 2.35. The number of hydrogen-bond acceptors (Lipinski definition) is 22. The minimum atomic E-state index is -4.58. The lowest BCUT2D eigenvalue weighted by atomic mass is 9.78. The minimum absolute atomic E-state index is 0.00487. The standard InChI is InChI=1S/C17H14BF3O3.C17H17BO3.2C16H14BClO3.2C16H14BFO3.C15H13BFNO3/c1-10-2-5-13(14(6-10)17(19,20)21)16(22)8-11-3-4-12-9-24-18(23)15(12)7-11;1-11-3-5-14(7-12(11)2)17(19)9-13-4-6-15-10-21-18(20)16(15)8-13;1-10-2-5-13(15(18)6-10)16(19)8-11-3-4-12-9-21-17(20)14(12)7-11;1-10-2-4-12(8-15(10)18)16(19)7-11-3-5-13-9-21-17(20)14(13)6-11;1-10-2-5-13(15(18)6-10)16(19)8-11-3-4-12-9-21-17(20)14(12)7-11;1-10-2-4-12(8-15(10)18)16(19)7-11-3-5-13-9-21-17(20)14(13)6-11;1-9-4-14(17)12(7-18-9)15(19)6-10-2-3-11-8-21-16(20)13(11)5-10/h2-7,23H,8-9H2,1H3;3-8,20H,9-10H2,1-2H3;2-7,20H,8-9H2,1H3;2-6,8,20H,7,9H2,1H3;2-7,20H,8-9H2,1H3;2-6,8,20H,7,9H2,1H3;2-5,7,20H,6,8H2,1H3. The number of rotatable bonds is 21. The zero-order chi connectivity index (χ0) is 107. The van der Waals surface area contributed by atoms with Crippen LogP contribution in [0.25, 0.3) is 0 Å². The van der Waals surface area contributed by atoms with Crippen LogP contribution in [0.4, 0.5) is 26.3 Å². The third kappa shape index (κ3) is 27.9. The van der Waals surface area contributed by atoms with Crippen LogP contribution in [0.2, 0.25) is 10.0 Å². The lowest BCUT2D eigenvalue weighted by Crippen LogP contribution is -2.28. The Morgan fingerprint density at radius 2 is 0.553 bits per heavy atom. The summed E-state index contributed by atoms with van der Waals surface area (Å²) in [4.78, 5) is 89.9. The average molecular weight is 2070 g/mol. The van der Waals surface area contributed by atoms with Gasteiger partial charge in [0.05, 0.1) is 68.0 Å². The lowest BCUT2D eigenvalue weighted by Gasteiger charge is -2.13. The Bertz CT molecular complexity index is 6970. The van der Waals surface area contributed by atoms with E-state index in [0.29, 0.717) is 123 Å². The molecule has 7 N–H and O–H groups in total. The lowest BCUT2D eigenvalue weighted by molar-refractivity contribution is -0.138. The maximum absolute atomic E-state index is 13.8. The van der Waals surface area contributed by atoms with Gasteiger partial charge in [0.1, 0.15) is 17.5 Å². The smallest absolute Gasteiger partial charge is 0.423 e. The first-order chi connectivity index (χ1) is 71.5. The third-order valence-electron chi connectivity index (χ3n) is 26.4. The van der Waals surface area contributed by atoms with E-state index < -0.39 is 79.0 Å². The van der Waals surface area contributed by atoms with E-state index in [1.165, 1.54) is 48.2 Å². The zero-order valence-corrected chi connectivity index (χ0v) is 84.4. The summed E-state index contributed by atoms with van der Waals surface area (Å²) in [6, 6.07) is 68.7. The van der Waals surface area contributed by atoms with Crippen LogP contribution < -0.4 is 38.2 Å². The van der Waals surface area contributed by atoms with Crippen LogP contribution in [0.5, 0.6) is 0 Å². The van der Waals surface area contributed by atoms with Gasteiger partial charge in [0.15, 0.2) is 40.5 Å². The van der Waals surface area contributed by atoms with Crippen LogP contribution >= 0.6 is 23.2 Å². The van der Waals surface area contributed by atoms with Crippen molar-refractivity contribution in [3.63, 3.8) is 0 Å². The maximum Gasteiger partial charge on any atom is 0.491 e. The summed E-state index contributed by atoms with van der Waals surface area (Å²) in [5.74, 6) is -2.75. The van der Waals surface area contributed by atoms with Crippen molar-refractivity contribution in [1.82, 2.24) is 4.98 Å².